The lowest BCUT2D eigenvalue weighted by Crippen LogP contribution is -2.21. The van der Waals surface area contributed by atoms with E-state index in [-0.39, 0.29) is 6.61 Å². The molecule has 0 radical (unpaired) electrons. The van der Waals surface area contributed by atoms with Gasteiger partial charge in [0, 0.05) is 25.0 Å². The summed E-state index contributed by atoms with van der Waals surface area (Å²) >= 11 is 0. The number of aliphatic hydroxyl groups excluding tert-OH is 1. The molecule has 0 atom stereocenters. The van der Waals surface area contributed by atoms with Crippen LogP contribution in [0.5, 0.6) is 0 Å². The Labute approximate surface area is 128 Å². The second kappa shape index (κ2) is 5.73. The Bertz CT molecular complexity index is 864. The summed E-state index contributed by atoms with van der Waals surface area (Å²) in [6.45, 7) is 4.72. The molecule has 0 saturated carbocycles. The van der Waals surface area contributed by atoms with Crippen molar-refractivity contribution in [2.24, 2.45) is 0 Å². The highest BCUT2D eigenvalue weighted by atomic mass is 16.3. The first-order valence-corrected chi connectivity index (χ1v) is 7.29. The van der Waals surface area contributed by atoms with Crippen molar-refractivity contribution >= 4 is 11.0 Å². The third-order valence-corrected chi connectivity index (χ3v) is 3.97. The van der Waals surface area contributed by atoms with Crippen LogP contribution in [0.25, 0.3) is 16.9 Å². The average Bonchev–Trinajstić information content (AvgIpc) is 2.80. The Morgan fingerprint density at radius 3 is 2.73 bits per heavy atom. The van der Waals surface area contributed by atoms with Crippen molar-refractivity contribution in [3.63, 3.8) is 0 Å². The van der Waals surface area contributed by atoms with Crippen LogP contribution in [-0.4, -0.2) is 30.8 Å². The van der Waals surface area contributed by atoms with Crippen molar-refractivity contribution in [2.75, 3.05) is 6.61 Å². The maximum absolute atomic E-state index is 8.98. The van der Waals surface area contributed by atoms with Gasteiger partial charge in [-0.1, -0.05) is 6.07 Å². The van der Waals surface area contributed by atoms with Crippen molar-refractivity contribution in [1.82, 2.24) is 19.1 Å². The van der Waals surface area contributed by atoms with E-state index in [0.29, 0.717) is 18.5 Å². The monoisotopic (exact) mass is 297 g/mol. The highest BCUT2D eigenvalue weighted by Crippen LogP contribution is 2.23. The molecule has 0 bridgehead atoms. The molecule has 3 heterocycles. The van der Waals surface area contributed by atoms with Gasteiger partial charge >= 0.3 is 0 Å². The van der Waals surface area contributed by atoms with Crippen LogP contribution in [0.1, 0.15) is 17.7 Å². The van der Waals surface area contributed by atoms with Gasteiger partial charge in [-0.15, -0.1) is 0 Å². The van der Waals surface area contributed by atoms with Crippen LogP contribution in [-0.2, 0) is 6.54 Å². The predicted molar refractivity (Wildman–Crippen MR) is 83.9 cm³/mol. The first-order valence-electron chi connectivity index (χ1n) is 7.29. The van der Waals surface area contributed by atoms with Gasteiger partial charge < -0.3 is 9.67 Å². The van der Waals surface area contributed by atoms with Crippen LogP contribution in [0.4, 0.5) is 0 Å². The SMILES string of the molecule is Cc1c(C)n(-c2ccccn2)c2ncn(CCCO)c(=N)c12. The van der Waals surface area contributed by atoms with Gasteiger partial charge in [0.25, 0.3) is 0 Å². The Morgan fingerprint density at radius 1 is 1.23 bits per heavy atom. The second-order valence-corrected chi connectivity index (χ2v) is 5.30. The first kappa shape index (κ1) is 14.5. The molecule has 2 N–H and O–H groups in total. The average molecular weight is 297 g/mol. The van der Waals surface area contributed by atoms with E-state index < -0.39 is 0 Å². The number of hydrogen-bond acceptors (Lipinski definition) is 4. The zero-order chi connectivity index (χ0) is 15.7. The number of rotatable bonds is 4. The maximum Gasteiger partial charge on any atom is 0.151 e. The highest BCUT2D eigenvalue weighted by molar-refractivity contribution is 5.82. The largest absolute Gasteiger partial charge is 0.396 e. The van der Waals surface area contributed by atoms with E-state index in [9.17, 15) is 0 Å². The Morgan fingerprint density at radius 2 is 2.05 bits per heavy atom. The normalized spacial score (nSPS) is 11.2. The van der Waals surface area contributed by atoms with Gasteiger partial charge in [-0.3, -0.25) is 9.98 Å². The van der Waals surface area contributed by atoms with Gasteiger partial charge in [0.05, 0.1) is 11.7 Å². The fourth-order valence-corrected chi connectivity index (χ4v) is 2.70. The van der Waals surface area contributed by atoms with Crippen molar-refractivity contribution in [2.45, 2.75) is 26.8 Å². The molecule has 0 aromatic carbocycles. The number of hydrogen-bond donors (Lipinski definition) is 2. The molecule has 0 fully saturated rings. The van der Waals surface area contributed by atoms with Crippen LogP contribution in [0.3, 0.4) is 0 Å². The Hall–Kier alpha value is -2.47. The van der Waals surface area contributed by atoms with Crippen LogP contribution in [0.15, 0.2) is 30.7 Å². The minimum atomic E-state index is 0.109. The summed E-state index contributed by atoms with van der Waals surface area (Å²) in [6, 6.07) is 5.75. The minimum absolute atomic E-state index is 0.109. The van der Waals surface area contributed by atoms with Crippen LogP contribution in [0, 0.1) is 19.3 Å². The molecule has 0 aliphatic rings. The summed E-state index contributed by atoms with van der Waals surface area (Å²) in [7, 11) is 0. The van der Waals surface area contributed by atoms with Crippen molar-refractivity contribution in [1.29, 1.82) is 5.41 Å². The number of aryl methyl sites for hydroxylation is 2. The molecule has 3 aromatic rings. The number of nitrogens with zero attached hydrogens (tertiary/aromatic N) is 4. The minimum Gasteiger partial charge on any atom is -0.396 e. The van der Waals surface area contributed by atoms with Gasteiger partial charge in [-0.2, -0.15) is 0 Å². The summed E-state index contributed by atoms with van der Waals surface area (Å²) < 4.78 is 3.76. The smallest absolute Gasteiger partial charge is 0.151 e. The van der Waals surface area contributed by atoms with Crippen LogP contribution in [0.2, 0.25) is 0 Å². The van der Waals surface area contributed by atoms with Crippen molar-refractivity contribution < 1.29 is 5.11 Å². The fraction of sp³-hybridized carbons (Fsp3) is 0.312. The zero-order valence-corrected chi connectivity index (χ0v) is 12.7. The Kier molecular flexibility index (Phi) is 3.77. The summed E-state index contributed by atoms with van der Waals surface area (Å²) in [6.07, 6.45) is 4.03. The topological polar surface area (TPSA) is 79.7 Å². The number of aliphatic hydroxyl groups is 1. The van der Waals surface area contributed by atoms with E-state index in [4.69, 9.17) is 10.5 Å². The molecule has 6 heteroatoms. The summed E-state index contributed by atoms with van der Waals surface area (Å²) in [5.74, 6) is 0.804. The molecule has 0 saturated heterocycles. The van der Waals surface area contributed by atoms with E-state index in [2.05, 4.69) is 9.97 Å². The molecule has 0 aliphatic heterocycles. The molecular weight excluding hydrogens is 278 g/mol. The fourth-order valence-electron chi connectivity index (χ4n) is 2.70. The first-order chi connectivity index (χ1) is 10.6. The maximum atomic E-state index is 8.98. The Balaban J connectivity index is 2.27. The molecule has 3 aromatic heterocycles. The van der Waals surface area contributed by atoms with Gasteiger partial charge in [0.15, 0.2) is 5.65 Å². The summed E-state index contributed by atoms with van der Waals surface area (Å²) in [5.41, 5.74) is 3.25. The quantitative estimate of drug-likeness (QED) is 0.769. The molecule has 0 spiro atoms. The number of nitrogens with one attached hydrogen (secondary N) is 1. The molecule has 0 amide bonds. The van der Waals surface area contributed by atoms with E-state index in [1.54, 1.807) is 17.1 Å². The lowest BCUT2D eigenvalue weighted by atomic mass is 10.2. The van der Waals surface area contributed by atoms with Gasteiger partial charge in [0.2, 0.25) is 0 Å². The molecule has 6 nitrogen and oxygen atoms in total. The van der Waals surface area contributed by atoms with Crippen molar-refractivity contribution in [3.8, 4) is 5.82 Å². The summed E-state index contributed by atoms with van der Waals surface area (Å²) in [4.78, 5) is 8.93. The standard InChI is InChI=1S/C16H19N5O/c1-11-12(2)21(13-6-3-4-7-18-13)16-14(11)15(17)20(10-19-16)8-5-9-22/h3-4,6-7,10,17,22H,5,8-9H2,1-2H3. The second-order valence-electron chi connectivity index (χ2n) is 5.30. The zero-order valence-electron chi connectivity index (χ0n) is 12.7. The van der Waals surface area contributed by atoms with E-state index in [1.807, 2.05) is 36.6 Å². The molecule has 22 heavy (non-hydrogen) atoms. The number of aromatic nitrogens is 4. The molecular formula is C16H19N5O. The van der Waals surface area contributed by atoms with E-state index in [1.165, 1.54) is 0 Å². The van der Waals surface area contributed by atoms with Crippen LogP contribution < -0.4 is 5.49 Å². The summed E-state index contributed by atoms with van der Waals surface area (Å²) in [5, 5.41) is 18.3. The number of pyridine rings is 1. The number of fused-ring (bicyclic) bond motifs is 1. The lowest BCUT2D eigenvalue weighted by Gasteiger charge is -2.08. The van der Waals surface area contributed by atoms with Crippen LogP contribution >= 0.6 is 0 Å². The molecule has 3 rings (SSSR count). The third-order valence-electron chi connectivity index (χ3n) is 3.97. The van der Waals surface area contributed by atoms with E-state index >= 15 is 0 Å². The lowest BCUT2D eigenvalue weighted by molar-refractivity contribution is 0.278. The van der Waals surface area contributed by atoms with Gasteiger partial charge in [-0.05, 0) is 38.0 Å². The molecule has 114 valence electrons. The van der Waals surface area contributed by atoms with Gasteiger partial charge in [-0.25, -0.2) is 9.97 Å². The van der Waals surface area contributed by atoms with E-state index in [0.717, 1.165) is 28.1 Å². The third kappa shape index (κ3) is 2.21. The highest BCUT2D eigenvalue weighted by Gasteiger charge is 2.16. The van der Waals surface area contributed by atoms with Gasteiger partial charge in [0.1, 0.15) is 11.3 Å². The predicted octanol–water partition coefficient (Wildman–Crippen LogP) is 1.70. The molecule has 0 unspecified atom stereocenters. The van der Waals surface area contributed by atoms with Crippen molar-refractivity contribution in [3.05, 3.63) is 47.5 Å². The molecule has 0 aliphatic carbocycles.